The molecular weight excluding hydrogens is 568 g/mol. The Kier molecular flexibility index (Phi) is 11.7. The summed E-state index contributed by atoms with van der Waals surface area (Å²) in [5.74, 6) is 6.88. The van der Waals surface area contributed by atoms with Gasteiger partial charge in [-0.1, -0.05) is 58.0 Å². The Morgan fingerprint density at radius 3 is 2.75 bits per heavy atom. The summed E-state index contributed by atoms with van der Waals surface area (Å²) in [6, 6.07) is 18.6. The summed E-state index contributed by atoms with van der Waals surface area (Å²) in [4.78, 5) is 19.1. The predicted molar refractivity (Wildman–Crippen MR) is 181 cm³/mol. The molecule has 0 spiro atoms. The number of hydrazine groups is 1. The molecule has 4 rings (SSSR count). The van der Waals surface area contributed by atoms with Gasteiger partial charge < -0.3 is 20.8 Å². The van der Waals surface area contributed by atoms with Crippen LogP contribution in [0.5, 0.6) is 5.75 Å². The lowest BCUT2D eigenvalue weighted by Crippen LogP contribution is -2.37. The van der Waals surface area contributed by atoms with Gasteiger partial charge in [0.15, 0.2) is 0 Å². The number of aryl methyl sites for hydroxylation is 1. The van der Waals surface area contributed by atoms with Crippen molar-refractivity contribution in [2.75, 3.05) is 18.4 Å². The highest BCUT2D eigenvalue weighted by Crippen LogP contribution is 2.42. The molecule has 1 aliphatic rings. The zero-order chi connectivity index (χ0) is 31.7. The van der Waals surface area contributed by atoms with Crippen molar-refractivity contribution >= 4 is 23.5 Å². The quantitative estimate of drug-likeness (QED) is 0.107. The fourth-order valence-corrected chi connectivity index (χ4v) is 6.63. The summed E-state index contributed by atoms with van der Waals surface area (Å²) in [5.41, 5.74) is 10.6. The molecule has 1 aromatic heterocycles. The molecule has 1 aliphatic heterocycles. The van der Waals surface area contributed by atoms with Crippen LogP contribution in [0.1, 0.15) is 76.0 Å². The maximum Gasteiger partial charge on any atom is 0.230 e. The molecule has 0 saturated heterocycles. The third kappa shape index (κ3) is 8.77. The Morgan fingerprint density at radius 1 is 1.23 bits per heavy atom. The number of pyridine rings is 1. The number of nitrogens with one attached hydrogen (secondary N) is 1. The molecule has 9 heteroatoms. The summed E-state index contributed by atoms with van der Waals surface area (Å²) < 4.78 is 8.74. The van der Waals surface area contributed by atoms with Crippen LogP contribution in [-0.4, -0.2) is 39.4 Å². The molecule has 2 atom stereocenters. The molecule has 0 fully saturated rings. The highest BCUT2D eigenvalue weighted by molar-refractivity contribution is 7.97. The highest BCUT2D eigenvalue weighted by atomic mass is 32.2. The average molecular weight is 617 g/mol. The van der Waals surface area contributed by atoms with Crippen molar-refractivity contribution in [1.29, 1.82) is 0 Å². The van der Waals surface area contributed by atoms with Crippen molar-refractivity contribution in [1.82, 2.24) is 14.3 Å². The second kappa shape index (κ2) is 15.5. The first-order valence-electron chi connectivity index (χ1n) is 15.6. The van der Waals surface area contributed by atoms with Crippen molar-refractivity contribution in [3.8, 4) is 5.75 Å². The Hall–Kier alpha value is -3.53. The van der Waals surface area contributed by atoms with Gasteiger partial charge in [-0.25, -0.2) is 10.1 Å². The van der Waals surface area contributed by atoms with E-state index in [1.165, 1.54) is 11.1 Å². The lowest BCUT2D eigenvalue weighted by Gasteiger charge is -2.34. The molecule has 0 bridgehead atoms. The maximum atomic E-state index is 13.8. The molecule has 236 valence electrons. The molecule has 2 aromatic carbocycles. The van der Waals surface area contributed by atoms with Crippen molar-refractivity contribution < 1.29 is 9.53 Å². The topological polar surface area (TPSA) is 110 Å². The molecule has 3 aromatic rings. The van der Waals surface area contributed by atoms with Crippen molar-refractivity contribution in [2.24, 2.45) is 17.0 Å². The number of carbonyl (C=O) groups excluding carboxylic acids is 1. The number of carbonyl (C=O) groups is 1. The SMILES string of the molecule is CCCN(N)/C=C(\N)CCC(c1ccc(C)c(CN2C[C@@H](CC)Oc3ccccc3S2)c1)C(C)(C)C(=O)Nc1cccnc1. The van der Waals surface area contributed by atoms with Gasteiger partial charge in [0, 0.05) is 37.7 Å². The molecule has 0 radical (unpaired) electrons. The van der Waals surface area contributed by atoms with E-state index in [0.717, 1.165) is 48.7 Å². The molecule has 0 saturated carbocycles. The number of nitrogens with two attached hydrogens (primary N) is 2. The van der Waals surface area contributed by atoms with Crippen LogP contribution in [0.2, 0.25) is 0 Å². The van der Waals surface area contributed by atoms with E-state index in [4.69, 9.17) is 16.3 Å². The number of para-hydroxylation sites is 1. The van der Waals surface area contributed by atoms with Crippen LogP contribution in [0.3, 0.4) is 0 Å². The molecule has 1 amide bonds. The van der Waals surface area contributed by atoms with E-state index in [-0.39, 0.29) is 17.9 Å². The van der Waals surface area contributed by atoms with Crippen molar-refractivity contribution in [3.63, 3.8) is 0 Å². The van der Waals surface area contributed by atoms with Crippen LogP contribution in [0.15, 0.2) is 83.8 Å². The van der Waals surface area contributed by atoms with Crippen molar-refractivity contribution in [2.45, 2.75) is 83.8 Å². The Morgan fingerprint density at radius 2 is 2.02 bits per heavy atom. The van der Waals surface area contributed by atoms with E-state index >= 15 is 0 Å². The first-order valence-corrected chi connectivity index (χ1v) is 16.3. The molecule has 8 nitrogen and oxygen atoms in total. The van der Waals surface area contributed by atoms with Gasteiger partial charge >= 0.3 is 0 Å². The largest absolute Gasteiger partial charge is 0.488 e. The normalized spacial score (nSPS) is 16.4. The summed E-state index contributed by atoms with van der Waals surface area (Å²) in [7, 11) is 0. The van der Waals surface area contributed by atoms with Crippen molar-refractivity contribution in [3.05, 3.63) is 95.6 Å². The first kappa shape index (κ1) is 33.4. The van der Waals surface area contributed by atoms with Crippen LogP contribution >= 0.6 is 11.9 Å². The molecule has 2 heterocycles. The summed E-state index contributed by atoms with van der Waals surface area (Å²) >= 11 is 1.75. The average Bonchev–Trinajstić information content (AvgIpc) is 3.18. The second-order valence-corrected chi connectivity index (χ2v) is 13.3. The lowest BCUT2D eigenvalue weighted by atomic mass is 9.71. The minimum atomic E-state index is -0.744. The maximum absolute atomic E-state index is 13.8. The highest BCUT2D eigenvalue weighted by Gasteiger charge is 2.38. The van der Waals surface area contributed by atoms with Crippen LogP contribution in [0, 0.1) is 12.3 Å². The van der Waals surface area contributed by atoms with Gasteiger partial charge in [-0.05, 0) is 91.4 Å². The molecule has 1 unspecified atom stereocenters. The summed E-state index contributed by atoms with van der Waals surface area (Å²) in [6.07, 6.45) is 8.46. The number of rotatable bonds is 13. The van der Waals surface area contributed by atoms with Gasteiger partial charge in [-0.3, -0.25) is 9.78 Å². The molecule has 0 aliphatic carbocycles. The zero-order valence-electron chi connectivity index (χ0n) is 26.8. The number of amides is 1. The molecular formula is C35H48N6O2S. The second-order valence-electron chi connectivity index (χ2n) is 12.1. The van der Waals surface area contributed by atoms with E-state index in [2.05, 4.69) is 71.8 Å². The van der Waals surface area contributed by atoms with E-state index in [1.54, 1.807) is 29.4 Å². The van der Waals surface area contributed by atoms with Crippen LogP contribution in [0.25, 0.3) is 0 Å². The molecule has 44 heavy (non-hydrogen) atoms. The van der Waals surface area contributed by atoms with E-state index in [1.807, 2.05) is 38.2 Å². The summed E-state index contributed by atoms with van der Waals surface area (Å²) in [5, 5.41) is 4.73. The smallest absolute Gasteiger partial charge is 0.230 e. The fourth-order valence-electron chi connectivity index (χ4n) is 5.56. The number of nitrogens with zero attached hydrogens (tertiary/aromatic N) is 3. The van der Waals surface area contributed by atoms with E-state index < -0.39 is 5.41 Å². The van der Waals surface area contributed by atoms with Gasteiger partial charge in [0.2, 0.25) is 5.91 Å². The summed E-state index contributed by atoms with van der Waals surface area (Å²) in [6.45, 7) is 12.7. The third-order valence-corrected chi connectivity index (χ3v) is 9.34. The Bertz CT molecular complexity index is 1410. The zero-order valence-corrected chi connectivity index (χ0v) is 27.6. The van der Waals surface area contributed by atoms with Crippen LogP contribution in [-0.2, 0) is 11.3 Å². The molecule has 5 N–H and O–H groups in total. The van der Waals surface area contributed by atoms with Gasteiger partial charge in [0.25, 0.3) is 0 Å². The number of allylic oxidation sites excluding steroid dienone is 1. The van der Waals surface area contributed by atoms with Crippen LogP contribution < -0.4 is 21.6 Å². The number of anilines is 1. The number of ether oxygens (including phenoxy) is 1. The van der Waals surface area contributed by atoms with Gasteiger partial charge in [-0.15, -0.1) is 0 Å². The van der Waals surface area contributed by atoms with Gasteiger partial charge in [0.05, 0.1) is 22.2 Å². The number of aromatic nitrogens is 1. The van der Waals surface area contributed by atoms with Crippen LogP contribution in [0.4, 0.5) is 5.69 Å². The number of hydrogen-bond acceptors (Lipinski definition) is 8. The minimum Gasteiger partial charge on any atom is -0.488 e. The van der Waals surface area contributed by atoms with E-state index in [0.29, 0.717) is 24.2 Å². The minimum absolute atomic E-state index is 0.0609. The van der Waals surface area contributed by atoms with Gasteiger partial charge in [-0.2, -0.15) is 0 Å². The number of benzene rings is 2. The lowest BCUT2D eigenvalue weighted by molar-refractivity contribution is -0.125. The monoisotopic (exact) mass is 616 g/mol. The first-order chi connectivity index (χ1) is 21.1. The Labute approximate surface area is 267 Å². The van der Waals surface area contributed by atoms with Gasteiger partial charge in [0.1, 0.15) is 11.9 Å². The van der Waals surface area contributed by atoms with E-state index in [9.17, 15) is 4.79 Å². The third-order valence-electron chi connectivity index (χ3n) is 8.27. The predicted octanol–water partition coefficient (Wildman–Crippen LogP) is 6.98. The fraction of sp³-hybridized carbons (Fsp3) is 0.429. The Balaban J connectivity index is 1.63. The number of fused-ring (bicyclic) bond motifs is 1. The standard InChI is InChI=1S/C35H48N6O2S/c1-6-19-40(37)23-28(36)16-17-31(35(4,5)34(42)39-29-11-10-18-38-21-29)26-15-14-25(3)27(20-26)22-41-24-30(7-2)43-32-12-8-9-13-33(32)44-41/h8-15,18,20-21,23,30-31H,6-7,16-17,19,22,24,36-37H2,1-5H3,(H,39,42)/b28-23-/t30-,31?/m1/s1. The number of hydrogen-bond donors (Lipinski definition) is 3.